The lowest BCUT2D eigenvalue weighted by Crippen LogP contribution is -3.00. The fraction of sp³-hybridized carbons (Fsp3) is 0.316. The monoisotopic (exact) mass is 419 g/mol. The molecule has 2 aliphatic heterocycles. The minimum Gasteiger partial charge on any atom is -1.00 e. The molecular weight excluding hydrogens is 397 g/mol. The molecule has 23 heavy (non-hydrogen) atoms. The van der Waals surface area contributed by atoms with Crippen LogP contribution in [-0.4, -0.2) is 35.7 Å². The first kappa shape index (κ1) is 16.3. The van der Waals surface area contributed by atoms with E-state index in [4.69, 9.17) is 0 Å². The Kier molecular flexibility index (Phi) is 5.20. The number of halogens is 1. The van der Waals surface area contributed by atoms with E-state index in [0.29, 0.717) is 12.1 Å². The molecule has 0 saturated heterocycles. The fourth-order valence-corrected chi connectivity index (χ4v) is 3.52. The van der Waals surface area contributed by atoms with Gasteiger partial charge in [0.05, 0.1) is 0 Å². The van der Waals surface area contributed by atoms with Crippen molar-refractivity contribution in [1.29, 1.82) is 0 Å². The topological polar surface area (TPSA) is 27.1 Å². The van der Waals surface area contributed by atoms with Gasteiger partial charge in [0.25, 0.3) is 0 Å². The molecule has 0 saturated carbocycles. The van der Waals surface area contributed by atoms with E-state index in [0.717, 1.165) is 25.9 Å². The fourth-order valence-electron chi connectivity index (χ4n) is 3.52. The van der Waals surface area contributed by atoms with E-state index >= 15 is 0 Å². The number of nitrogens with one attached hydrogen (secondary N) is 2. The molecule has 0 fully saturated rings. The highest BCUT2D eigenvalue weighted by molar-refractivity contribution is 5.77. The molecule has 0 aliphatic carbocycles. The maximum absolute atomic E-state index is 3.65. The molecular formula is C19H22IN3. The van der Waals surface area contributed by atoms with Crippen molar-refractivity contribution in [2.24, 2.45) is 0 Å². The molecule has 2 aliphatic rings. The summed E-state index contributed by atoms with van der Waals surface area (Å²) < 4.78 is 2.46. The van der Waals surface area contributed by atoms with Crippen LogP contribution in [0, 0.1) is 0 Å². The molecule has 0 amide bonds. The lowest BCUT2D eigenvalue weighted by atomic mass is 10.0. The van der Waals surface area contributed by atoms with Crippen LogP contribution in [-0.2, 0) is 12.8 Å². The third-order valence-corrected chi connectivity index (χ3v) is 4.53. The van der Waals surface area contributed by atoms with Crippen molar-refractivity contribution in [2.45, 2.75) is 24.9 Å². The number of hydrogen-bond acceptors (Lipinski definition) is 2. The molecule has 2 N–H and O–H groups in total. The Hall–Kier alpha value is -1.56. The van der Waals surface area contributed by atoms with E-state index in [9.17, 15) is 0 Å². The van der Waals surface area contributed by atoms with Crippen LogP contribution in [0.2, 0.25) is 0 Å². The smallest absolute Gasteiger partial charge is 0.346 e. The molecule has 0 radical (unpaired) electrons. The van der Waals surface area contributed by atoms with E-state index in [1.165, 1.54) is 17.1 Å². The molecule has 120 valence electrons. The first-order valence-electron chi connectivity index (χ1n) is 8.09. The van der Waals surface area contributed by atoms with E-state index in [-0.39, 0.29) is 24.0 Å². The van der Waals surface area contributed by atoms with E-state index < -0.39 is 0 Å². The van der Waals surface area contributed by atoms with Crippen LogP contribution in [0.4, 0.5) is 0 Å². The third-order valence-electron chi connectivity index (χ3n) is 4.53. The summed E-state index contributed by atoms with van der Waals surface area (Å²) in [4.78, 5) is 0. The van der Waals surface area contributed by atoms with E-state index in [1.54, 1.807) is 0 Å². The highest BCUT2D eigenvalue weighted by atomic mass is 127. The van der Waals surface area contributed by atoms with Gasteiger partial charge in [0, 0.05) is 12.8 Å². The summed E-state index contributed by atoms with van der Waals surface area (Å²) in [6, 6.07) is 22.5. The largest absolute Gasteiger partial charge is 1.00 e. The Morgan fingerprint density at radius 2 is 1.17 bits per heavy atom. The summed E-state index contributed by atoms with van der Waals surface area (Å²) in [6.45, 7) is 2.20. The van der Waals surface area contributed by atoms with Gasteiger partial charge < -0.3 is 24.0 Å². The van der Waals surface area contributed by atoms with Crippen molar-refractivity contribution in [2.75, 3.05) is 13.1 Å². The highest BCUT2D eigenvalue weighted by Gasteiger charge is 2.37. The third kappa shape index (κ3) is 3.86. The van der Waals surface area contributed by atoms with Crippen molar-refractivity contribution >= 4 is 5.96 Å². The van der Waals surface area contributed by atoms with Crippen LogP contribution in [0.1, 0.15) is 11.1 Å². The summed E-state index contributed by atoms with van der Waals surface area (Å²) >= 11 is 0. The van der Waals surface area contributed by atoms with Crippen molar-refractivity contribution in [3.05, 3.63) is 71.8 Å². The van der Waals surface area contributed by atoms with E-state index in [1.807, 2.05) is 0 Å². The van der Waals surface area contributed by atoms with E-state index in [2.05, 4.69) is 75.9 Å². The second-order valence-electron chi connectivity index (χ2n) is 6.32. The Labute approximate surface area is 154 Å². The van der Waals surface area contributed by atoms with Crippen molar-refractivity contribution < 1.29 is 28.6 Å². The number of hydrogen-bond donors (Lipinski definition) is 2. The molecule has 4 heteroatoms. The van der Waals surface area contributed by atoms with Gasteiger partial charge in [-0.3, -0.25) is 15.2 Å². The molecule has 0 unspecified atom stereocenters. The van der Waals surface area contributed by atoms with Crippen LogP contribution < -0.4 is 34.6 Å². The molecule has 0 bridgehead atoms. The molecule has 0 spiro atoms. The second kappa shape index (κ2) is 7.34. The van der Waals surface area contributed by atoms with Crippen molar-refractivity contribution in [3.63, 3.8) is 0 Å². The van der Waals surface area contributed by atoms with Gasteiger partial charge in [0.2, 0.25) is 0 Å². The van der Waals surface area contributed by atoms with Crippen LogP contribution in [0.15, 0.2) is 60.7 Å². The first-order valence-corrected chi connectivity index (χ1v) is 8.09. The van der Waals surface area contributed by atoms with Crippen molar-refractivity contribution in [1.82, 2.24) is 10.6 Å². The summed E-state index contributed by atoms with van der Waals surface area (Å²) in [5.41, 5.74) is 2.81. The minimum atomic E-state index is 0. The van der Waals surface area contributed by atoms with Crippen LogP contribution in [0.3, 0.4) is 0 Å². The highest BCUT2D eigenvalue weighted by Crippen LogP contribution is 2.12. The number of rotatable bonds is 4. The van der Waals surface area contributed by atoms with Gasteiger partial charge in [0.15, 0.2) is 0 Å². The normalized spacial score (nSPS) is 22.1. The standard InChI is InChI=1S/C19H21N3.HI/c1-3-7-15(8-4-1)11-17-13-22-14-18(21-19(22)20-17)12-16-9-5-2-6-10-16;/h1-10,17-18H,11-14H2,(H,20,21);1H/t17-,18-;/m0./s1. The average molecular weight is 419 g/mol. The molecule has 2 aromatic carbocycles. The molecule has 2 atom stereocenters. The van der Waals surface area contributed by atoms with Crippen LogP contribution >= 0.6 is 0 Å². The van der Waals surface area contributed by atoms with Gasteiger partial charge in [-0.15, -0.1) is 0 Å². The SMILES string of the molecule is [I-].c1ccc(C[C@H]2C[N+]3=C(N2)N[C@@H](Cc2ccccc2)C3)cc1. The summed E-state index contributed by atoms with van der Waals surface area (Å²) in [7, 11) is 0. The van der Waals surface area contributed by atoms with Crippen LogP contribution in [0.25, 0.3) is 0 Å². The van der Waals surface area contributed by atoms with Gasteiger partial charge >= 0.3 is 5.96 Å². The molecule has 4 rings (SSSR count). The predicted molar refractivity (Wildman–Crippen MR) is 89.1 cm³/mol. The molecule has 2 aromatic rings. The zero-order valence-corrected chi connectivity index (χ0v) is 15.2. The second-order valence-corrected chi connectivity index (χ2v) is 6.32. The first-order chi connectivity index (χ1) is 10.9. The van der Waals surface area contributed by atoms with Gasteiger partial charge in [-0.2, -0.15) is 0 Å². The Morgan fingerprint density at radius 3 is 1.57 bits per heavy atom. The van der Waals surface area contributed by atoms with Crippen LogP contribution in [0.5, 0.6) is 0 Å². The maximum atomic E-state index is 3.65. The molecule has 3 nitrogen and oxygen atoms in total. The Balaban J connectivity index is 0.00000156. The lowest BCUT2D eigenvalue weighted by molar-refractivity contribution is -0.514. The summed E-state index contributed by atoms with van der Waals surface area (Å²) in [5, 5.41) is 7.30. The lowest BCUT2D eigenvalue weighted by Gasteiger charge is -2.13. The Bertz CT molecular complexity index is 594. The molecule has 0 aromatic heterocycles. The summed E-state index contributed by atoms with van der Waals surface area (Å²) in [6.07, 6.45) is 2.18. The predicted octanol–water partition coefficient (Wildman–Crippen LogP) is -1.21. The molecule has 2 heterocycles. The van der Waals surface area contributed by atoms with Gasteiger partial charge in [-0.1, -0.05) is 60.7 Å². The van der Waals surface area contributed by atoms with Gasteiger partial charge in [0.1, 0.15) is 25.2 Å². The Morgan fingerprint density at radius 1 is 0.739 bits per heavy atom. The quantitative estimate of drug-likeness (QED) is 0.481. The zero-order chi connectivity index (χ0) is 14.8. The van der Waals surface area contributed by atoms with Crippen molar-refractivity contribution in [3.8, 4) is 0 Å². The zero-order valence-electron chi connectivity index (χ0n) is 13.1. The minimum absolute atomic E-state index is 0. The number of nitrogens with zero attached hydrogens (tertiary/aromatic N) is 1. The summed E-state index contributed by atoms with van der Waals surface area (Å²) in [5.74, 6) is 1.22. The maximum Gasteiger partial charge on any atom is 0.346 e. The van der Waals surface area contributed by atoms with Gasteiger partial charge in [-0.05, 0) is 11.1 Å². The number of benzene rings is 2. The van der Waals surface area contributed by atoms with Gasteiger partial charge in [-0.25, -0.2) is 0 Å². The number of guanidine groups is 1. The average Bonchev–Trinajstić information content (AvgIpc) is 3.07.